The largest absolute Gasteiger partial charge is 0.378 e. The minimum atomic E-state index is -0.260. The molecule has 1 aromatic heterocycles. The van der Waals surface area contributed by atoms with Gasteiger partial charge in [0.1, 0.15) is 11.4 Å². The molecule has 2 amide bonds. The molecule has 3 aliphatic rings. The van der Waals surface area contributed by atoms with Crippen molar-refractivity contribution in [3.8, 4) is 0 Å². The van der Waals surface area contributed by atoms with Gasteiger partial charge in [-0.05, 0) is 26.2 Å². The van der Waals surface area contributed by atoms with Crippen LogP contribution in [-0.2, 0) is 25.5 Å². The number of aromatic nitrogens is 1. The molecule has 148 valence electrons. The molecule has 27 heavy (non-hydrogen) atoms. The topological polar surface area (TPSA) is 85.1 Å². The van der Waals surface area contributed by atoms with Gasteiger partial charge in [0.2, 0.25) is 11.8 Å². The van der Waals surface area contributed by atoms with Gasteiger partial charge in [-0.15, -0.1) is 0 Å². The van der Waals surface area contributed by atoms with Crippen molar-refractivity contribution in [1.82, 2.24) is 15.0 Å². The molecule has 4 rings (SSSR count). The minimum absolute atomic E-state index is 0.0754. The van der Waals surface area contributed by atoms with E-state index in [1.807, 2.05) is 23.6 Å². The number of rotatable bonds is 4. The number of aryl methyl sites for hydroxylation is 2. The van der Waals surface area contributed by atoms with E-state index in [-0.39, 0.29) is 23.3 Å². The molecule has 1 unspecified atom stereocenters. The third kappa shape index (κ3) is 3.73. The van der Waals surface area contributed by atoms with Crippen LogP contribution in [0.5, 0.6) is 0 Å². The van der Waals surface area contributed by atoms with Crippen molar-refractivity contribution in [1.29, 1.82) is 0 Å². The number of hydrogen-bond acceptors (Lipinski definition) is 6. The van der Waals surface area contributed by atoms with Crippen molar-refractivity contribution in [3.05, 3.63) is 17.0 Å². The van der Waals surface area contributed by atoms with E-state index in [1.165, 1.54) is 0 Å². The summed E-state index contributed by atoms with van der Waals surface area (Å²) in [6.07, 6.45) is 1.68. The van der Waals surface area contributed by atoms with Crippen molar-refractivity contribution < 1.29 is 23.6 Å². The lowest BCUT2D eigenvalue weighted by Gasteiger charge is -2.47. The van der Waals surface area contributed by atoms with Gasteiger partial charge in [0, 0.05) is 25.1 Å². The molecule has 8 heteroatoms. The van der Waals surface area contributed by atoms with Crippen molar-refractivity contribution in [3.63, 3.8) is 0 Å². The van der Waals surface area contributed by atoms with Crippen LogP contribution in [0.2, 0.25) is 0 Å². The van der Waals surface area contributed by atoms with Gasteiger partial charge in [-0.1, -0.05) is 5.16 Å². The quantitative estimate of drug-likeness (QED) is 0.768. The van der Waals surface area contributed by atoms with Crippen LogP contribution in [0, 0.1) is 19.8 Å². The predicted octanol–water partition coefficient (Wildman–Crippen LogP) is 0.700. The molecule has 0 aromatic carbocycles. The van der Waals surface area contributed by atoms with Gasteiger partial charge in [0.05, 0.1) is 45.0 Å². The fourth-order valence-corrected chi connectivity index (χ4v) is 4.32. The molecular weight excluding hydrogens is 350 g/mol. The average Bonchev–Trinajstić information content (AvgIpc) is 3.20. The molecule has 4 heterocycles. The first kappa shape index (κ1) is 18.4. The third-order valence-electron chi connectivity index (χ3n) is 5.93. The van der Waals surface area contributed by atoms with E-state index >= 15 is 0 Å². The van der Waals surface area contributed by atoms with E-state index in [4.69, 9.17) is 14.0 Å². The van der Waals surface area contributed by atoms with Gasteiger partial charge >= 0.3 is 0 Å². The Hall–Kier alpha value is -1.93. The highest BCUT2D eigenvalue weighted by Crippen LogP contribution is 2.39. The molecule has 3 fully saturated rings. The van der Waals surface area contributed by atoms with Crippen molar-refractivity contribution >= 4 is 11.8 Å². The highest BCUT2D eigenvalue weighted by molar-refractivity contribution is 5.80. The van der Waals surface area contributed by atoms with Crippen LogP contribution < -0.4 is 0 Å². The molecule has 0 radical (unpaired) electrons. The molecule has 0 N–H and O–H groups in total. The standard InChI is InChI=1S/C19H27N3O5/c1-13-16(14(2)27-20-13)8-18(24)22-11-19(12-22)9-15(10-26-19)7-17(23)21-3-5-25-6-4-21/h15H,3-12H2,1-2H3. The Balaban J connectivity index is 1.25. The van der Waals surface area contributed by atoms with Gasteiger partial charge in [-0.25, -0.2) is 0 Å². The minimum Gasteiger partial charge on any atom is -0.378 e. The van der Waals surface area contributed by atoms with Crippen molar-refractivity contribution in [2.24, 2.45) is 5.92 Å². The first-order valence-corrected chi connectivity index (χ1v) is 9.65. The second-order valence-corrected chi connectivity index (χ2v) is 7.99. The van der Waals surface area contributed by atoms with E-state index < -0.39 is 0 Å². The Kier molecular flexibility index (Phi) is 4.94. The summed E-state index contributed by atoms with van der Waals surface area (Å²) >= 11 is 0. The zero-order chi connectivity index (χ0) is 19.0. The Bertz CT molecular complexity index is 699. The Morgan fingerprint density at radius 1 is 1.15 bits per heavy atom. The van der Waals surface area contributed by atoms with Gasteiger partial charge in [0.25, 0.3) is 0 Å². The van der Waals surface area contributed by atoms with Crippen LogP contribution in [0.1, 0.15) is 29.9 Å². The van der Waals surface area contributed by atoms with Gasteiger partial charge < -0.3 is 23.8 Å². The first-order chi connectivity index (χ1) is 13.0. The monoisotopic (exact) mass is 377 g/mol. The first-order valence-electron chi connectivity index (χ1n) is 9.65. The Morgan fingerprint density at radius 3 is 2.56 bits per heavy atom. The number of ether oxygens (including phenoxy) is 2. The van der Waals surface area contributed by atoms with Crippen LogP contribution in [-0.4, -0.2) is 78.4 Å². The fourth-order valence-electron chi connectivity index (χ4n) is 4.32. The summed E-state index contributed by atoms with van der Waals surface area (Å²) in [5.41, 5.74) is 1.39. The number of hydrogen-bond donors (Lipinski definition) is 0. The number of likely N-dealkylation sites (tertiary alicyclic amines) is 1. The number of carbonyl (C=O) groups is 2. The number of nitrogens with zero attached hydrogens (tertiary/aromatic N) is 3. The molecule has 0 aliphatic carbocycles. The average molecular weight is 377 g/mol. The van der Waals surface area contributed by atoms with Gasteiger partial charge in [-0.2, -0.15) is 0 Å². The van der Waals surface area contributed by atoms with Crippen LogP contribution >= 0.6 is 0 Å². The molecule has 1 atom stereocenters. The van der Waals surface area contributed by atoms with E-state index in [2.05, 4.69) is 5.16 Å². The SMILES string of the molecule is Cc1noc(C)c1CC(=O)N1CC2(CC(CC(=O)N3CCOCC3)CO2)C1. The van der Waals surface area contributed by atoms with Crippen molar-refractivity contribution in [2.45, 2.75) is 38.7 Å². The highest BCUT2D eigenvalue weighted by atomic mass is 16.5. The van der Waals surface area contributed by atoms with E-state index in [9.17, 15) is 9.59 Å². The van der Waals surface area contributed by atoms with Crippen LogP contribution in [0.4, 0.5) is 0 Å². The molecule has 0 saturated carbocycles. The van der Waals surface area contributed by atoms with E-state index in [0.717, 1.165) is 17.7 Å². The zero-order valence-corrected chi connectivity index (χ0v) is 16.0. The van der Waals surface area contributed by atoms with Gasteiger partial charge in [-0.3, -0.25) is 9.59 Å². The maximum atomic E-state index is 12.5. The molecular formula is C19H27N3O5. The van der Waals surface area contributed by atoms with Crippen molar-refractivity contribution in [2.75, 3.05) is 46.0 Å². The summed E-state index contributed by atoms with van der Waals surface area (Å²) in [7, 11) is 0. The van der Waals surface area contributed by atoms with Crippen LogP contribution in [0.25, 0.3) is 0 Å². The lowest BCUT2D eigenvalue weighted by atomic mass is 9.85. The van der Waals surface area contributed by atoms with E-state index in [1.54, 1.807) is 0 Å². The van der Waals surface area contributed by atoms with Crippen LogP contribution in [0.3, 0.4) is 0 Å². The second-order valence-electron chi connectivity index (χ2n) is 7.99. The number of carbonyl (C=O) groups excluding carboxylic acids is 2. The normalized spacial score (nSPS) is 24.3. The molecule has 3 aliphatic heterocycles. The smallest absolute Gasteiger partial charge is 0.227 e. The summed E-state index contributed by atoms with van der Waals surface area (Å²) in [6.45, 7) is 8.11. The number of amides is 2. The maximum absolute atomic E-state index is 12.5. The molecule has 1 spiro atoms. The summed E-state index contributed by atoms with van der Waals surface area (Å²) in [5, 5.41) is 3.91. The summed E-state index contributed by atoms with van der Waals surface area (Å²) in [6, 6.07) is 0. The Morgan fingerprint density at radius 2 is 1.89 bits per heavy atom. The molecule has 0 bridgehead atoms. The molecule has 1 aromatic rings. The second kappa shape index (κ2) is 7.24. The molecule has 8 nitrogen and oxygen atoms in total. The summed E-state index contributed by atoms with van der Waals surface area (Å²) in [4.78, 5) is 28.7. The Labute approximate surface area is 158 Å². The van der Waals surface area contributed by atoms with Gasteiger partial charge in [0.15, 0.2) is 0 Å². The van der Waals surface area contributed by atoms with Crippen LogP contribution in [0.15, 0.2) is 4.52 Å². The highest BCUT2D eigenvalue weighted by Gasteiger charge is 2.51. The maximum Gasteiger partial charge on any atom is 0.227 e. The fraction of sp³-hybridized carbons (Fsp3) is 0.737. The third-order valence-corrected chi connectivity index (χ3v) is 5.93. The summed E-state index contributed by atoms with van der Waals surface area (Å²) in [5.74, 6) is 1.20. The predicted molar refractivity (Wildman–Crippen MR) is 95.1 cm³/mol. The molecule has 3 saturated heterocycles. The zero-order valence-electron chi connectivity index (χ0n) is 16.0. The lowest BCUT2D eigenvalue weighted by molar-refractivity contribution is -0.157. The lowest BCUT2D eigenvalue weighted by Crippen LogP contribution is -2.63. The number of morpholine rings is 1. The van der Waals surface area contributed by atoms with E-state index in [0.29, 0.717) is 64.6 Å². The summed E-state index contributed by atoms with van der Waals surface area (Å²) < 4.78 is 16.5.